The van der Waals surface area contributed by atoms with E-state index in [9.17, 15) is 4.79 Å². The Balaban J connectivity index is 1.50. The molecule has 1 saturated heterocycles. The number of nitrogens with zero attached hydrogens (tertiary/aromatic N) is 4. The van der Waals surface area contributed by atoms with Gasteiger partial charge in [-0.3, -0.25) is 9.20 Å². The van der Waals surface area contributed by atoms with Crippen molar-refractivity contribution in [3.05, 3.63) is 47.4 Å². The second kappa shape index (κ2) is 5.10. The lowest BCUT2D eigenvalue weighted by Gasteiger charge is -2.38. The summed E-state index contributed by atoms with van der Waals surface area (Å²) in [6, 6.07) is 5.71. The van der Waals surface area contributed by atoms with E-state index in [0.717, 1.165) is 11.3 Å². The summed E-state index contributed by atoms with van der Waals surface area (Å²) in [5.41, 5.74) is 2.17. The first kappa shape index (κ1) is 13.3. The van der Waals surface area contributed by atoms with Crippen LogP contribution in [0.2, 0.25) is 0 Å². The number of amides is 1. The zero-order valence-corrected chi connectivity index (χ0v) is 12.8. The van der Waals surface area contributed by atoms with Crippen molar-refractivity contribution in [1.82, 2.24) is 19.3 Å². The molecule has 7 heteroatoms. The summed E-state index contributed by atoms with van der Waals surface area (Å²) >= 11 is 1.46. The van der Waals surface area contributed by atoms with Crippen LogP contribution in [0.4, 0.5) is 0 Å². The zero-order chi connectivity index (χ0) is 15.1. The quantitative estimate of drug-likeness (QED) is 0.742. The van der Waals surface area contributed by atoms with Crippen LogP contribution >= 0.6 is 11.3 Å². The van der Waals surface area contributed by atoms with Crippen LogP contribution in [0.1, 0.15) is 16.2 Å². The first-order chi connectivity index (χ1) is 10.7. The van der Waals surface area contributed by atoms with Gasteiger partial charge in [0, 0.05) is 17.8 Å². The van der Waals surface area contributed by atoms with Crippen molar-refractivity contribution >= 4 is 22.9 Å². The van der Waals surface area contributed by atoms with Gasteiger partial charge >= 0.3 is 0 Å². The molecule has 0 unspecified atom stereocenters. The molecular formula is C15H14N4O2S. The maximum Gasteiger partial charge on any atom is 0.273 e. The fraction of sp³-hybridized carbons (Fsp3) is 0.267. The molecule has 1 aliphatic heterocycles. The number of fused-ring (bicyclic) bond motifs is 1. The molecular weight excluding hydrogens is 300 g/mol. The van der Waals surface area contributed by atoms with E-state index in [4.69, 9.17) is 4.74 Å². The maximum atomic E-state index is 12.7. The van der Waals surface area contributed by atoms with Gasteiger partial charge in [-0.25, -0.2) is 9.97 Å². The molecule has 112 valence electrons. The summed E-state index contributed by atoms with van der Waals surface area (Å²) in [4.78, 5) is 23.0. The highest BCUT2D eigenvalue weighted by Crippen LogP contribution is 2.22. The summed E-state index contributed by atoms with van der Waals surface area (Å²) in [6.07, 6.45) is 3.60. The van der Waals surface area contributed by atoms with Crippen molar-refractivity contribution in [2.45, 2.75) is 13.0 Å². The number of aromatic nitrogens is 3. The lowest BCUT2D eigenvalue weighted by Crippen LogP contribution is -2.56. The van der Waals surface area contributed by atoms with E-state index in [2.05, 4.69) is 9.97 Å². The topological polar surface area (TPSA) is 59.7 Å². The van der Waals surface area contributed by atoms with Crippen LogP contribution in [0.3, 0.4) is 0 Å². The fourth-order valence-corrected chi connectivity index (χ4v) is 3.16. The van der Waals surface area contributed by atoms with Gasteiger partial charge in [0.05, 0.1) is 18.8 Å². The van der Waals surface area contributed by atoms with Gasteiger partial charge in [-0.1, -0.05) is 17.4 Å². The number of ether oxygens (including phenoxy) is 1. The molecule has 0 spiro atoms. The van der Waals surface area contributed by atoms with E-state index in [-0.39, 0.29) is 12.0 Å². The average Bonchev–Trinajstić information content (AvgIpc) is 3.07. The second-order valence-corrected chi connectivity index (χ2v) is 6.08. The predicted molar refractivity (Wildman–Crippen MR) is 82.4 cm³/mol. The molecule has 1 aliphatic rings. The van der Waals surface area contributed by atoms with Crippen molar-refractivity contribution in [3.8, 4) is 5.19 Å². The highest BCUT2D eigenvalue weighted by atomic mass is 32.1. The van der Waals surface area contributed by atoms with Crippen molar-refractivity contribution in [3.63, 3.8) is 0 Å². The Labute approximate surface area is 131 Å². The molecule has 0 atom stereocenters. The molecule has 3 aromatic rings. The summed E-state index contributed by atoms with van der Waals surface area (Å²) in [5, 5.41) is 2.53. The number of carbonyl (C=O) groups excluding carboxylic acids is 1. The number of rotatable bonds is 3. The highest BCUT2D eigenvalue weighted by Gasteiger charge is 2.35. The van der Waals surface area contributed by atoms with E-state index < -0.39 is 0 Å². The van der Waals surface area contributed by atoms with E-state index >= 15 is 0 Å². The van der Waals surface area contributed by atoms with Gasteiger partial charge in [0.1, 0.15) is 17.4 Å². The van der Waals surface area contributed by atoms with Gasteiger partial charge in [0.25, 0.3) is 11.1 Å². The van der Waals surface area contributed by atoms with Crippen LogP contribution in [-0.4, -0.2) is 44.4 Å². The maximum absolute atomic E-state index is 12.7. The Morgan fingerprint density at radius 2 is 2.27 bits per heavy atom. The number of thiazole rings is 1. The molecule has 22 heavy (non-hydrogen) atoms. The fourth-order valence-electron chi connectivity index (χ4n) is 2.61. The van der Waals surface area contributed by atoms with Crippen LogP contribution in [0.15, 0.2) is 36.0 Å². The van der Waals surface area contributed by atoms with E-state index in [1.165, 1.54) is 11.3 Å². The van der Waals surface area contributed by atoms with Crippen molar-refractivity contribution in [2.75, 3.05) is 13.1 Å². The lowest BCUT2D eigenvalue weighted by atomic mass is 10.1. The van der Waals surface area contributed by atoms with Crippen molar-refractivity contribution in [1.29, 1.82) is 0 Å². The molecule has 1 fully saturated rings. The van der Waals surface area contributed by atoms with Gasteiger partial charge in [0.2, 0.25) is 0 Å². The van der Waals surface area contributed by atoms with E-state index in [1.807, 2.05) is 41.1 Å². The second-order valence-electron chi connectivity index (χ2n) is 5.22. The van der Waals surface area contributed by atoms with Crippen molar-refractivity contribution < 1.29 is 9.53 Å². The number of likely N-dealkylation sites (tertiary alicyclic amines) is 1. The van der Waals surface area contributed by atoms with Gasteiger partial charge in [-0.2, -0.15) is 0 Å². The molecule has 0 N–H and O–H groups in total. The predicted octanol–water partition coefficient (Wildman–Crippen LogP) is 2.00. The number of hydrogen-bond acceptors (Lipinski definition) is 5. The van der Waals surface area contributed by atoms with Crippen molar-refractivity contribution in [2.24, 2.45) is 0 Å². The normalized spacial score (nSPS) is 15.0. The first-order valence-electron chi connectivity index (χ1n) is 7.01. The number of hydrogen-bond donors (Lipinski definition) is 0. The number of imidazole rings is 1. The molecule has 0 radical (unpaired) electrons. The average molecular weight is 314 g/mol. The van der Waals surface area contributed by atoms with Crippen LogP contribution in [0.5, 0.6) is 5.19 Å². The SMILES string of the molecule is Cc1nc2ccccn2c1C(=O)N1CC(Oc2nccs2)C1. The number of carbonyl (C=O) groups is 1. The summed E-state index contributed by atoms with van der Waals surface area (Å²) in [5.74, 6) is -0.00445. The van der Waals surface area contributed by atoms with Gasteiger partial charge in [-0.15, -0.1) is 0 Å². The van der Waals surface area contributed by atoms with Crippen LogP contribution < -0.4 is 4.74 Å². The monoisotopic (exact) mass is 314 g/mol. The zero-order valence-electron chi connectivity index (χ0n) is 12.0. The van der Waals surface area contributed by atoms with Crippen LogP contribution in [0, 0.1) is 6.92 Å². The third kappa shape index (κ3) is 2.14. The Bertz CT molecular complexity index is 821. The summed E-state index contributed by atoms with van der Waals surface area (Å²) in [7, 11) is 0. The Morgan fingerprint density at radius 1 is 1.41 bits per heavy atom. The van der Waals surface area contributed by atoms with Gasteiger partial charge in [-0.05, 0) is 19.1 Å². The Morgan fingerprint density at radius 3 is 3.05 bits per heavy atom. The Kier molecular flexibility index (Phi) is 3.07. The summed E-state index contributed by atoms with van der Waals surface area (Å²) < 4.78 is 7.54. The van der Waals surface area contributed by atoms with E-state index in [1.54, 1.807) is 11.1 Å². The van der Waals surface area contributed by atoms with E-state index in [0.29, 0.717) is 24.0 Å². The third-order valence-corrected chi connectivity index (χ3v) is 4.38. The third-order valence-electron chi connectivity index (χ3n) is 3.72. The molecule has 0 bridgehead atoms. The van der Waals surface area contributed by atoms with Gasteiger partial charge < -0.3 is 9.64 Å². The number of pyridine rings is 1. The minimum Gasteiger partial charge on any atom is -0.463 e. The molecule has 0 aromatic carbocycles. The minimum absolute atomic E-state index is 0.00445. The summed E-state index contributed by atoms with van der Waals surface area (Å²) in [6.45, 7) is 3.03. The molecule has 6 nitrogen and oxygen atoms in total. The smallest absolute Gasteiger partial charge is 0.273 e. The highest BCUT2D eigenvalue weighted by molar-refractivity contribution is 7.11. The van der Waals surface area contributed by atoms with Crippen LogP contribution in [-0.2, 0) is 0 Å². The lowest BCUT2D eigenvalue weighted by molar-refractivity contribution is 0.0171. The molecule has 0 aliphatic carbocycles. The largest absolute Gasteiger partial charge is 0.463 e. The molecule has 1 amide bonds. The number of aryl methyl sites for hydroxylation is 1. The molecule has 4 heterocycles. The molecule has 3 aromatic heterocycles. The molecule has 4 rings (SSSR count). The Hall–Kier alpha value is -2.41. The standard InChI is InChI=1S/C15H14N4O2S/c1-10-13(19-6-3-2-4-12(19)17-10)14(20)18-8-11(9-18)21-15-16-5-7-22-15/h2-7,11H,8-9H2,1H3. The van der Waals surface area contributed by atoms with Crippen LogP contribution in [0.25, 0.3) is 5.65 Å². The molecule has 0 saturated carbocycles. The first-order valence-corrected chi connectivity index (χ1v) is 7.89. The minimum atomic E-state index is -0.00445. The van der Waals surface area contributed by atoms with Gasteiger partial charge in [0.15, 0.2) is 0 Å².